The Morgan fingerprint density at radius 1 is 1.24 bits per heavy atom. The molecular formula is C15H20O6. The molecule has 0 aromatic carbocycles. The Kier molecular flexibility index (Phi) is 1.99. The Hall–Kier alpha value is -0.500. The van der Waals surface area contributed by atoms with Gasteiger partial charge in [-0.05, 0) is 18.9 Å². The van der Waals surface area contributed by atoms with Crippen molar-refractivity contribution in [2.75, 3.05) is 13.2 Å². The number of fused-ring (bicyclic) bond motifs is 1. The van der Waals surface area contributed by atoms with Crippen LogP contribution < -0.4 is 0 Å². The molecule has 5 aliphatic rings. The fourth-order valence-electron chi connectivity index (χ4n) is 5.56. The number of hydrogen-bond acceptors (Lipinski definition) is 6. The summed E-state index contributed by atoms with van der Waals surface area (Å²) in [4.78, 5) is 0. The van der Waals surface area contributed by atoms with Gasteiger partial charge in [0.2, 0.25) is 5.79 Å². The zero-order valence-corrected chi connectivity index (χ0v) is 12.1. The molecule has 4 bridgehead atoms. The van der Waals surface area contributed by atoms with Gasteiger partial charge in [0, 0.05) is 5.41 Å². The molecule has 4 fully saturated rings. The van der Waals surface area contributed by atoms with Crippen molar-refractivity contribution in [1.29, 1.82) is 0 Å². The van der Waals surface area contributed by atoms with Gasteiger partial charge in [-0.15, -0.1) is 0 Å². The summed E-state index contributed by atoms with van der Waals surface area (Å²) in [6.07, 6.45) is -0.127. The molecule has 0 radical (unpaired) electrons. The van der Waals surface area contributed by atoms with E-state index in [0.717, 1.165) is 0 Å². The summed E-state index contributed by atoms with van der Waals surface area (Å²) in [7, 11) is 0. The van der Waals surface area contributed by atoms with Crippen LogP contribution in [0, 0.1) is 10.8 Å². The first-order valence-electron chi connectivity index (χ1n) is 7.53. The normalized spacial score (nSPS) is 67.2. The average Bonchev–Trinajstić information content (AvgIpc) is 3.15. The number of aliphatic hydroxyl groups is 3. The van der Waals surface area contributed by atoms with Crippen LogP contribution in [0.3, 0.4) is 0 Å². The van der Waals surface area contributed by atoms with E-state index in [9.17, 15) is 15.3 Å². The van der Waals surface area contributed by atoms with Crippen LogP contribution in [0.25, 0.3) is 0 Å². The number of ether oxygens (including phenoxy) is 3. The molecule has 2 aliphatic carbocycles. The molecule has 1 saturated carbocycles. The lowest BCUT2D eigenvalue weighted by Gasteiger charge is -2.57. The molecule has 0 amide bonds. The molecule has 2 spiro atoms. The minimum Gasteiger partial charge on any atom is -0.390 e. The number of epoxide rings is 1. The fraction of sp³-hybridized carbons (Fsp3) is 0.867. The van der Waals surface area contributed by atoms with Crippen molar-refractivity contribution in [3.63, 3.8) is 0 Å². The highest BCUT2D eigenvalue weighted by Crippen LogP contribution is 2.73. The summed E-state index contributed by atoms with van der Waals surface area (Å²) < 4.78 is 17.5. The number of rotatable bonds is 0. The van der Waals surface area contributed by atoms with E-state index in [1.807, 2.05) is 13.0 Å². The Balaban J connectivity index is 1.76. The van der Waals surface area contributed by atoms with Crippen molar-refractivity contribution < 1.29 is 29.5 Å². The Morgan fingerprint density at radius 3 is 2.62 bits per heavy atom. The third-order valence-corrected chi connectivity index (χ3v) is 7.00. The maximum Gasteiger partial charge on any atom is 0.215 e. The van der Waals surface area contributed by atoms with E-state index >= 15 is 0 Å². The first kappa shape index (κ1) is 13.0. The predicted molar refractivity (Wildman–Crippen MR) is 69.2 cm³/mol. The smallest absolute Gasteiger partial charge is 0.215 e. The van der Waals surface area contributed by atoms with E-state index in [2.05, 4.69) is 0 Å². The van der Waals surface area contributed by atoms with Crippen LogP contribution in [0.4, 0.5) is 0 Å². The summed E-state index contributed by atoms with van der Waals surface area (Å²) in [6, 6.07) is 0. The summed E-state index contributed by atoms with van der Waals surface area (Å²) >= 11 is 0. The van der Waals surface area contributed by atoms with Crippen LogP contribution in [0.15, 0.2) is 11.6 Å². The fourth-order valence-corrected chi connectivity index (χ4v) is 5.56. The van der Waals surface area contributed by atoms with E-state index in [0.29, 0.717) is 18.6 Å². The van der Waals surface area contributed by atoms with Gasteiger partial charge in [0.1, 0.15) is 17.8 Å². The van der Waals surface area contributed by atoms with Gasteiger partial charge in [-0.3, -0.25) is 0 Å². The average molecular weight is 296 g/mol. The molecule has 3 N–H and O–H groups in total. The van der Waals surface area contributed by atoms with Crippen molar-refractivity contribution in [2.24, 2.45) is 10.8 Å². The second-order valence-corrected chi connectivity index (χ2v) is 7.54. The van der Waals surface area contributed by atoms with Gasteiger partial charge >= 0.3 is 0 Å². The van der Waals surface area contributed by atoms with Gasteiger partial charge < -0.3 is 29.5 Å². The number of aliphatic hydroxyl groups excluding tert-OH is 2. The van der Waals surface area contributed by atoms with Crippen LogP contribution in [-0.4, -0.2) is 64.3 Å². The predicted octanol–water partition coefficient (Wildman–Crippen LogP) is -0.680. The maximum absolute atomic E-state index is 10.9. The molecule has 116 valence electrons. The van der Waals surface area contributed by atoms with Crippen molar-refractivity contribution in [1.82, 2.24) is 0 Å². The third-order valence-electron chi connectivity index (χ3n) is 7.00. The van der Waals surface area contributed by atoms with E-state index < -0.39 is 34.4 Å². The van der Waals surface area contributed by atoms with Crippen LogP contribution in [0.5, 0.6) is 0 Å². The van der Waals surface area contributed by atoms with Gasteiger partial charge in [-0.25, -0.2) is 0 Å². The van der Waals surface area contributed by atoms with Crippen molar-refractivity contribution >= 4 is 0 Å². The number of hydrogen-bond donors (Lipinski definition) is 3. The van der Waals surface area contributed by atoms with Gasteiger partial charge in [-0.1, -0.05) is 13.0 Å². The first-order valence-corrected chi connectivity index (χ1v) is 7.53. The highest BCUT2D eigenvalue weighted by molar-refractivity contribution is 5.38. The Bertz CT molecular complexity index is 571. The van der Waals surface area contributed by atoms with Gasteiger partial charge in [0.15, 0.2) is 0 Å². The van der Waals surface area contributed by atoms with Crippen LogP contribution in [-0.2, 0) is 14.2 Å². The summed E-state index contributed by atoms with van der Waals surface area (Å²) in [6.45, 7) is 4.49. The molecule has 3 heterocycles. The topological polar surface area (TPSA) is 91.7 Å². The molecule has 3 saturated heterocycles. The second-order valence-electron chi connectivity index (χ2n) is 7.54. The largest absolute Gasteiger partial charge is 0.390 e. The monoisotopic (exact) mass is 296 g/mol. The lowest BCUT2D eigenvalue weighted by atomic mass is 9.51. The summed E-state index contributed by atoms with van der Waals surface area (Å²) in [5.74, 6) is -1.65. The van der Waals surface area contributed by atoms with E-state index in [1.165, 1.54) is 0 Å². The van der Waals surface area contributed by atoms with Gasteiger partial charge in [-0.2, -0.15) is 0 Å². The zero-order valence-electron chi connectivity index (χ0n) is 12.1. The van der Waals surface area contributed by atoms with Crippen molar-refractivity contribution in [2.45, 2.75) is 56.1 Å². The summed E-state index contributed by atoms with van der Waals surface area (Å²) in [5, 5.41) is 32.0. The van der Waals surface area contributed by atoms with Crippen molar-refractivity contribution in [3.05, 3.63) is 11.6 Å². The third kappa shape index (κ3) is 1.02. The standard InChI is InChI=1S/C15H20O6/c1-7-3-9-13(5-20-15(7,18)11(13)17)12(2)4-8(16)10(21-9)14(12)6-19-14/h3,8-11,16-18H,4-6H2,1-2H3/t8-,9-,10-,11-,12-,13-,14+,15-/m1/s1. The highest BCUT2D eigenvalue weighted by atomic mass is 16.7. The van der Waals surface area contributed by atoms with Crippen molar-refractivity contribution in [3.8, 4) is 0 Å². The van der Waals surface area contributed by atoms with Gasteiger partial charge in [0.25, 0.3) is 0 Å². The minimum atomic E-state index is -1.65. The zero-order chi connectivity index (χ0) is 14.8. The summed E-state index contributed by atoms with van der Waals surface area (Å²) in [5.41, 5.74) is -1.27. The molecule has 3 aliphatic heterocycles. The molecule has 6 nitrogen and oxygen atoms in total. The molecule has 21 heavy (non-hydrogen) atoms. The second kappa shape index (κ2) is 3.22. The van der Waals surface area contributed by atoms with Crippen LogP contribution >= 0.6 is 0 Å². The SMILES string of the molecule is CC1=C[C@H]2O[C@@H]3[C@H](O)C[C@](C)([C@]24CO[C@@]1(O)[C@@H]4O)[C@]31CO1. The minimum absolute atomic E-state index is 0.199. The van der Waals surface area contributed by atoms with E-state index in [-0.39, 0.29) is 18.8 Å². The lowest BCUT2D eigenvalue weighted by molar-refractivity contribution is -0.245. The maximum atomic E-state index is 10.9. The molecule has 0 aromatic rings. The van der Waals surface area contributed by atoms with E-state index in [4.69, 9.17) is 14.2 Å². The molecule has 0 aromatic heterocycles. The molecule has 8 atom stereocenters. The van der Waals surface area contributed by atoms with Crippen LogP contribution in [0.1, 0.15) is 20.3 Å². The van der Waals surface area contributed by atoms with Gasteiger partial charge in [0.05, 0.1) is 30.8 Å². The molecule has 6 heteroatoms. The quantitative estimate of drug-likeness (QED) is 0.405. The highest BCUT2D eigenvalue weighted by Gasteiger charge is 2.85. The molecule has 0 unspecified atom stereocenters. The van der Waals surface area contributed by atoms with Crippen LogP contribution in [0.2, 0.25) is 0 Å². The molecular weight excluding hydrogens is 276 g/mol. The lowest BCUT2D eigenvalue weighted by Crippen LogP contribution is -2.69. The Morgan fingerprint density at radius 2 is 1.95 bits per heavy atom. The van der Waals surface area contributed by atoms with E-state index in [1.54, 1.807) is 6.92 Å². The first-order chi connectivity index (χ1) is 9.82. The Labute approximate surface area is 122 Å². The molecule has 5 rings (SSSR count).